The zero-order chi connectivity index (χ0) is 25.0. The number of aromatic nitrogens is 2. The lowest BCUT2D eigenvalue weighted by Crippen LogP contribution is -2.44. The summed E-state index contributed by atoms with van der Waals surface area (Å²) in [5.74, 6) is 1.22. The molecule has 3 aromatic rings. The molecule has 0 atom stereocenters. The molecule has 1 aromatic heterocycles. The number of nitrogens with one attached hydrogen (secondary N) is 3. The molecule has 0 amide bonds. The van der Waals surface area contributed by atoms with Crippen LogP contribution in [0, 0.1) is 6.92 Å². The van der Waals surface area contributed by atoms with E-state index in [1.165, 1.54) is 5.69 Å². The molecule has 188 valence electrons. The highest BCUT2D eigenvalue weighted by atomic mass is 32.3. The Morgan fingerprint density at radius 2 is 1.69 bits per heavy atom. The quantitative estimate of drug-likeness (QED) is 0.352. The number of aryl methyl sites for hydroxylation is 1. The fourth-order valence-corrected chi connectivity index (χ4v) is 6.02. The van der Waals surface area contributed by atoms with Crippen LogP contribution in [0.4, 0.5) is 28.8 Å². The third-order valence-electron chi connectivity index (χ3n) is 6.07. The van der Waals surface area contributed by atoms with Crippen LogP contribution in [0.2, 0.25) is 0 Å². The number of benzene rings is 2. The summed E-state index contributed by atoms with van der Waals surface area (Å²) >= 11 is 0. The predicted molar refractivity (Wildman–Crippen MR) is 148 cm³/mol. The molecular weight excluding hydrogens is 458 g/mol. The van der Waals surface area contributed by atoms with Crippen molar-refractivity contribution in [3.63, 3.8) is 0 Å². The fraction of sp³-hybridized carbons (Fsp3) is 0.385. The van der Waals surface area contributed by atoms with Gasteiger partial charge in [-0.25, -0.2) is 4.98 Å². The van der Waals surface area contributed by atoms with Gasteiger partial charge in [0.2, 0.25) is 5.95 Å². The second-order valence-corrected chi connectivity index (χ2v) is 12.2. The molecule has 1 aliphatic heterocycles. The Labute approximate surface area is 209 Å². The van der Waals surface area contributed by atoms with Gasteiger partial charge in [-0.05, 0) is 80.4 Å². The van der Waals surface area contributed by atoms with Gasteiger partial charge in [-0.2, -0.15) is 4.98 Å². The van der Waals surface area contributed by atoms with E-state index in [9.17, 15) is 4.21 Å². The van der Waals surface area contributed by atoms with Crippen molar-refractivity contribution in [2.45, 2.75) is 31.7 Å². The summed E-state index contributed by atoms with van der Waals surface area (Å²) in [5, 5.41) is 6.68. The van der Waals surface area contributed by atoms with Crippen molar-refractivity contribution in [3.05, 3.63) is 60.3 Å². The van der Waals surface area contributed by atoms with Crippen molar-refractivity contribution in [1.29, 1.82) is 0 Å². The lowest BCUT2D eigenvalue weighted by molar-refractivity contribution is 0.313. The summed E-state index contributed by atoms with van der Waals surface area (Å²) in [6.45, 7) is 10.2. The van der Waals surface area contributed by atoms with Crippen molar-refractivity contribution in [1.82, 2.24) is 19.6 Å². The molecule has 0 unspecified atom stereocenters. The van der Waals surface area contributed by atoms with Crippen LogP contribution in [0.3, 0.4) is 0 Å². The summed E-state index contributed by atoms with van der Waals surface area (Å²) in [6.07, 6.45) is 3.56. The van der Waals surface area contributed by atoms with Gasteiger partial charge in [-0.3, -0.25) is 8.93 Å². The van der Waals surface area contributed by atoms with Crippen molar-refractivity contribution < 1.29 is 4.21 Å². The summed E-state index contributed by atoms with van der Waals surface area (Å²) in [5.41, 5.74) is 3.92. The molecule has 2 heterocycles. The van der Waals surface area contributed by atoms with Crippen LogP contribution >= 0.6 is 0 Å². The van der Waals surface area contributed by atoms with E-state index < -0.39 is 10.1 Å². The molecule has 4 rings (SSSR count). The number of nitrogens with zero attached hydrogens (tertiary/aromatic N) is 4. The van der Waals surface area contributed by atoms with E-state index >= 15 is 0 Å². The zero-order valence-electron chi connectivity index (χ0n) is 21.2. The molecule has 0 radical (unpaired) electrons. The number of hydrogen-bond acceptors (Lipinski definition) is 7. The maximum Gasteiger partial charge on any atom is 0.229 e. The van der Waals surface area contributed by atoms with E-state index in [0.29, 0.717) is 11.8 Å². The third-order valence-corrected chi connectivity index (χ3v) is 8.34. The Balaban J connectivity index is 1.46. The van der Waals surface area contributed by atoms with Gasteiger partial charge >= 0.3 is 0 Å². The van der Waals surface area contributed by atoms with E-state index in [4.69, 9.17) is 0 Å². The highest BCUT2D eigenvalue weighted by molar-refractivity contribution is 8.00. The van der Waals surface area contributed by atoms with Crippen LogP contribution in [0.15, 0.2) is 59.6 Å². The molecule has 8 nitrogen and oxygen atoms in total. The van der Waals surface area contributed by atoms with Crippen LogP contribution < -0.4 is 20.3 Å². The van der Waals surface area contributed by atoms with Gasteiger partial charge in [0.05, 0.1) is 0 Å². The molecule has 0 aliphatic carbocycles. The van der Waals surface area contributed by atoms with Gasteiger partial charge in [-0.15, -0.1) is 0 Å². The van der Waals surface area contributed by atoms with Gasteiger partial charge in [0.1, 0.15) is 5.82 Å². The van der Waals surface area contributed by atoms with Gasteiger partial charge in [0, 0.05) is 72.2 Å². The van der Waals surface area contributed by atoms with Gasteiger partial charge < -0.3 is 20.4 Å². The Morgan fingerprint density at radius 3 is 2.37 bits per heavy atom. The molecule has 3 N–H and O–H groups in total. The fourth-order valence-electron chi connectivity index (χ4n) is 4.13. The lowest BCUT2D eigenvalue weighted by atomic mass is 10.2. The minimum atomic E-state index is -2.66. The number of likely N-dealkylation sites (N-methyl/N-ethyl adjacent to an activating group) is 1. The number of hydrogen-bond donors (Lipinski definition) is 4. The van der Waals surface area contributed by atoms with Crippen LogP contribution in [-0.4, -0.2) is 64.6 Å². The molecule has 0 bridgehead atoms. The van der Waals surface area contributed by atoms with Crippen LogP contribution in [0.1, 0.15) is 19.4 Å². The first-order valence-corrected chi connectivity index (χ1v) is 14.2. The molecule has 0 saturated carbocycles. The standard InChI is InChI=1S/C26H37N7OS/c1-19(2)31-35(5,34)24-8-6-7-22(17-24)28-25-20(3)18-27-26(30-25)29-21-9-11-23(12-10-21)33-15-13-32(4)14-16-33/h6-12,17-19,35H,13-16H2,1-5H3,(H,31,34)(H2,27,28,29,30). The molecule has 0 spiro atoms. The molecule has 9 heteroatoms. The SMILES string of the molecule is Cc1cnc(Nc2ccc(N3CCN(C)CC3)cc2)nc1Nc1cccc([SH](C)(=O)NC(C)C)c1. The first kappa shape index (κ1) is 25.1. The van der Waals surface area contributed by atoms with Crippen molar-refractivity contribution >= 4 is 38.9 Å². The van der Waals surface area contributed by atoms with Gasteiger partial charge in [0.15, 0.2) is 0 Å². The molecule has 1 fully saturated rings. The highest BCUT2D eigenvalue weighted by Crippen LogP contribution is 2.25. The average Bonchev–Trinajstić information content (AvgIpc) is 2.82. The second kappa shape index (κ2) is 10.7. The smallest absolute Gasteiger partial charge is 0.229 e. The van der Waals surface area contributed by atoms with Crippen LogP contribution in [-0.2, 0) is 10.1 Å². The first-order valence-electron chi connectivity index (χ1n) is 12.1. The Kier molecular flexibility index (Phi) is 7.69. The molecule has 35 heavy (non-hydrogen) atoms. The topological polar surface area (TPSA) is 85.4 Å². The van der Waals surface area contributed by atoms with Gasteiger partial charge in [0.25, 0.3) is 0 Å². The summed E-state index contributed by atoms with van der Waals surface area (Å²) in [6, 6.07) is 16.2. The Bertz CT molecular complexity index is 1190. The maximum absolute atomic E-state index is 13.1. The Hall–Kier alpha value is -3.01. The lowest BCUT2D eigenvalue weighted by Gasteiger charge is -2.34. The van der Waals surface area contributed by atoms with Crippen molar-refractivity contribution in [2.75, 3.05) is 55.0 Å². The number of thiol groups is 1. The second-order valence-electron chi connectivity index (χ2n) is 9.57. The van der Waals surface area contributed by atoms with E-state index in [1.807, 2.05) is 45.0 Å². The van der Waals surface area contributed by atoms with E-state index in [1.54, 1.807) is 12.5 Å². The normalized spacial score (nSPS) is 15.3. The first-order chi connectivity index (χ1) is 16.7. The average molecular weight is 496 g/mol. The van der Waals surface area contributed by atoms with E-state index in [0.717, 1.165) is 48.0 Å². The zero-order valence-corrected chi connectivity index (χ0v) is 22.1. The maximum atomic E-state index is 13.1. The minimum Gasteiger partial charge on any atom is -0.369 e. The van der Waals surface area contributed by atoms with E-state index in [-0.39, 0.29) is 6.04 Å². The molecule has 1 aliphatic rings. The summed E-state index contributed by atoms with van der Waals surface area (Å²) in [4.78, 5) is 14.7. The third kappa shape index (κ3) is 6.56. The van der Waals surface area contributed by atoms with Crippen molar-refractivity contribution in [2.24, 2.45) is 0 Å². The number of piperazine rings is 1. The van der Waals surface area contributed by atoms with Gasteiger partial charge in [-0.1, -0.05) is 6.07 Å². The van der Waals surface area contributed by atoms with Crippen LogP contribution in [0.5, 0.6) is 0 Å². The largest absolute Gasteiger partial charge is 0.369 e. The number of rotatable bonds is 8. The monoisotopic (exact) mass is 495 g/mol. The molecule has 1 saturated heterocycles. The predicted octanol–water partition coefficient (Wildman–Crippen LogP) is 3.94. The number of anilines is 5. The minimum absolute atomic E-state index is 0.135. The molecular formula is C26H37N7OS. The van der Waals surface area contributed by atoms with Crippen molar-refractivity contribution in [3.8, 4) is 0 Å². The van der Waals surface area contributed by atoms with Crippen LogP contribution in [0.25, 0.3) is 0 Å². The molecule has 2 aromatic carbocycles. The summed E-state index contributed by atoms with van der Waals surface area (Å²) < 4.78 is 16.3. The highest BCUT2D eigenvalue weighted by Gasteiger charge is 2.15. The van der Waals surface area contributed by atoms with E-state index in [2.05, 4.69) is 66.4 Å². The summed E-state index contributed by atoms with van der Waals surface area (Å²) in [7, 11) is -0.494. The Morgan fingerprint density at radius 1 is 0.971 bits per heavy atom.